The molecule has 4 saturated carbocycles. The molecule has 212 valence electrons. The molecule has 7 rings (SSSR count). The van der Waals surface area contributed by atoms with Gasteiger partial charge in [0.15, 0.2) is 0 Å². The predicted molar refractivity (Wildman–Crippen MR) is 153 cm³/mol. The number of hydrogen-bond acceptors (Lipinski definition) is 5. The second kappa shape index (κ2) is 8.59. The van der Waals surface area contributed by atoms with Crippen molar-refractivity contribution in [2.45, 2.75) is 89.9 Å². The van der Waals surface area contributed by atoms with Crippen LogP contribution in [0, 0.1) is 45.8 Å². The molecule has 1 spiro atoms. The second-order valence-corrected chi connectivity index (χ2v) is 14.3. The summed E-state index contributed by atoms with van der Waals surface area (Å²) in [6, 6.07) is 6.91. The number of nitrogens with one attached hydrogen (secondary N) is 1. The largest absolute Gasteiger partial charge is 0.512 e. The number of fused-ring (bicyclic) bond motifs is 1. The first-order valence-electron chi connectivity index (χ1n) is 15.5. The highest BCUT2D eigenvalue weighted by Gasteiger charge is 2.88. The van der Waals surface area contributed by atoms with Crippen LogP contribution in [0.2, 0.25) is 0 Å². The SMILES string of the molecule is CCc1ccc(CC2CCC34CCC5CC6(CC=CC23)C2(O)C(OC)C=C(O)C2C5C46C)cc1NCC(C)O. The van der Waals surface area contributed by atoms with E-state index in [1.807, 2.05) is 13.0 Å². The normalized spacial score (nSPS) is 47.5. The van der Waals surface area contributed by atoms with Crippen LogP contribution in [-0.4, -0.2) is 46.8 Å². The maximum atomic E-state index is 12.7. The maximum Gasteiger partial charge on any atom is 0.111 e. The standard InChI is InChI=1S/C34H47NO4/c1-5-22-9-8-21(16-26(22)35-19-20(2)36)15-23-10-13-32-14-11-24-18-33(12-6-7-25(23)32)31(32,3)29(24)30-27(37)17-28(39-4)34(30,33)38/h6-9,16-17,20,23-25,28-30,35-38H,5,10-15,18-19H2,1-4H3. The van der Waals surface area contributed by atoms with E-state index in [2.05, 4.69) is 49.5 Å². The highest BCUT2D eigenvalue weighted by molar-refractivity contribution is 5.54. The van der Waals surface area contributed by atoms with Gasteiger partial charge in [-0.3, -0.25) is 0 Å². The first kappa shape index (κ1) is 26.1. The van der Waals surface area contributed by atoms with Crippen molar-refractivity contribution in [1.29, 1.82) is 0 Å². The van der Waals surface area contributed by atoms with Crippen molar-refractivity contribution >= 4 is 5.69 Å². The van der Waals surface area contributed by atoms with Crippen molar-refractivity contribution < 1.29 is 20.1 Å². The zero-order valence-corrected chi connectivity index (χ0v) is 24.1. The quantitative estimate of drug-likeness (QED) is 0.333. The van der Waals surface area contributed by atoms with Gasteiger partial charge in [-0.15, -0.1) is 0 Å². The number of anilines is 1. The van der Waals surface area contributed by atoms with Crippen molar-refractivity contribution in [2.24, 2.45) is 45.8 Å². The molecule has 4 N–H and O–H groups in total. The average Bonchev–Trinajstić information content (AvgIpc) is 3.49. The molecular formula is C34H47NO4. The van der Waals surface area contributed by atoms with Gasteiger partial charge in [-0.2, -0.15) is 0 Å². The minimum absolute atomic E-state index is 0.0275. The first-order chi connectivity index (χ1) is 18.7. The summed E-state index contributed by atoms with van der Waals surface area (Å²) in [4.78, 5) is 0. The average molecular weight is 534 g/mol. The Morgan fingerprint density at radius 3 is 2.74 bits per heavy atom. The summed E-state index contributed by atoms with van der Waals surface area (Å²) in [7, 11) is 1.69. The fourth-order valence-corrected chi connectivity index (χ4v) is 12.0. The van der Waals surface area contributed by atoms with Gasteiger partial charge in [0.25, 0.3) is 0 Å². The summed E-state index contributed by atoms with van der Waals surface area (Å²) >= 11 is 0. The number of hydrogen-bond donors (Lipinski definition) is 4. The summed E-state index contributed by atoms with van der Waals surface area (Å²) < 4.78 is 5.91. The van der Waals surface area contributed by atoms with Crippen molar-refractivity contribution in [3.05, 3.63) is 53.3 Å². The number of benzene rings is 1. The van der Waals surface area contributed by atoms with Crippen LogP contribution < -0.4 is 5.32 Å². The van der Waals surface area contributed by atoms with Gasteiger partial charge in [0.05, 0.1) is 17.8 Å². The number of aliphatic hydroxyl groups excluding tert-OH is 2. The van der Waals surface area contributed by atoms with Crippen molar-refractivity contribution in [2.75, 3.05) is 19.0 Å². The Labute approximate surface area is 233 Å². The number of rotatable bonds is 7. The molecule has 0 saturated heterocycles. The molecule has 0 radical (unpaired) electrons. The third-order valence-corrected chi connectivity index (χ3v) is 13.3. The zero-order chi connectivity index (χ0) is 27.4. The predicted octanol–water partition coefficient (Wildman–Crippen LogP) is 5.81. The van der Waals surface area contributed by atoms with E-state index in [-0.39, 0.29) is 28.3 Å². The number of aryl methyl sites for hydroxylation is 1. The highest BCUT2D eigenvalue weighted by Crippen LogP contribution is 2.88. The molecule has 4 bridgehead atoms. The molecule has 0 amide bonds. The summed E-state index contributed by atoms with van der Waals surface area (Å²) in [6.07, 6.45) is 14.8. The molecule has 5 nitrogen and oxygen atoms in total. The van der Waals surface area contributed by atoms with Gasteiger partial charge in [0.1, 0.15) is 11.7 Å². The molecule has 5 heteroatoms. The van der Waals surface area contributed by atoms with Crippen LogP contribution in [0.5, 0.6) is 0 Å². The molecule has 6 aliphatic carbocycles. The minimum atomic E-state index is -1.03. The number of ether oxygens (including phenoxy) is 1. The zero-order valence-electron chi connectivity index (χ0n) is 24.1. The Balaban J connectivity index is 1.25. The molecule has 1 aromatic carbocycles. The van der Waals surface area contributed by atoms with Crippen molar-refractivity contribution in [3.8, 4) is 0 Å². The van der Waals surface area contributed by atoms with Gasteiger partial charge in [-0.25, -0.2) is 0 Å². The van der Waals surface area contributed by atoms with Gasteiger partial charge in [-0.1, -0.05) is 38.1 Å². The van der Waals surface area contributed by atoms with Crippen molar-refractivity contribution in [3.63, 3.8) is 0 Å². The Morgan fingerprint density at radius 1 is 1.21 bits per heavy atom. The third-order valence-electron chi connectivity index (χ3n) is 13.3. The lowest BCUT2D eigenvalue weighted by Crippen LogP contribution is -2.60. The van der Waals surface area contributed by atoms with E-state index in [9.17, 15) is 15.3 Å². The molecule has 11 unspecified atom stereocenters. The fourth-order valence-electron chi connectivity index (χ4n) is 12.0. The Morgan fingerprint density at radius 2 is 2.00 bits per heavy atom. The molecular weight excluding hydrogens is 486 g/mol. The Hall–Kier alpha value is -1.82. The van der Waals surface area contributed by atoms with E-state index in [1.54, 1.807) is 7.11 Å². The smallest absolute Gasteiger partial charge is 0.111 e. The monoisotopic (exact) mass is 533 g/mol. The van der Waals surface area contributed by atoms with Crippen LogP contribution in [0.25, 0.3) is 0 Å². The molecule has 4 fully saturated rings. The van der Waals surface area contributed by atoms with Crippen LogP contribution in [-0.2, 0) is 17.6 Å². The van der Waals surface area contributed by atoms with Crippen LogP contribution in [0.15, 0.2) is 42.2 Å². The van der Waals surface area contributed by atoms with E-state index in [1.165, 1.54) is 36.8 Å². The van der Waals surface area contributed by atoms with Crippen LogP contribution in [0.4, 0.5) is 5.69 Å². The summed E-state index contributed by atoms with van der Waals surface area (Å²) in [5.74, 6) is 2.13. The van der Waals surface area contributed by atoms with Gasteiger partial charge >= 0.3 is 0 Å². The molecule has 6 aliphatic rings. The van der Waals surface area contributed by atoms with E-state index in [0.717, 1.165) is 31.4 Å². The molecule has 0 heterocycles. The molecule has 11 atom stereocenters. The van der Waals surface area contributed by atoms with Crippen LogP contribution in [0.3, 0.4) is 0 Å². The molecule has 1 aromatic rings. The highest BCUT2D eigenvalue weighted by atomic mass is 16.5. The van der Waals surface area contributed by atoms with Gasteiger partial charge < -0.3 is 25.4 Å². The Bertz CT molecular complexity index is 1220. The van der Waals surface area contributed by atoms with Gasteiger partial charge in [0, 0.05) is 24.8 Å². The molecule has 0 aliphatic heterocycles. The van der Waals surface area contributed by atoms with E-state index < -0.39 is 11.7 Å². The number of methoxy groups -OCH3 is 1. The van der Waals surface area contributed by atoms with Crippen molar-refractivity contribution in [1.82, 2.24) is 0 Å². The maximum absolute atomic E-state index is 12.7. The lowest BCUT2D eigenvalue weighted by Gasteiger charge is -2.58. The number of aliphatic hydroxyl groups is 3. The number of allylic oxidation sites excluding steroid dienone is 2. The first-order valence-corrected chi connectivity index (χ1v) is 15.5. The summed E-state index contributed by atoms with van der Waals surface area (Å²) in [6.45, 7) is 7.10. The molecule has 0 aromatic heterocycles. The van der Waals surface area contributed by atoms with E-state index in [4.69, 9.17) is 4.74 Å². The lowest BCUT2D eigenvalue weighted by molar-refractivity contribution is -0.189. The fraction of sp³-hybridized carbons (Fsp3) is 0.706. The second-order valence-electron chi connectivity index (χ2n) is 14.3. The minimum Gasteiger partial charge on any atom is -0.512 e. The molecule has 39 heavy (non-hydrogen) atoms. The topological polar surface area (TPSA) is 82.0 Å². The summed E-state index contributed by atoms with van der Waals surface area (Å²) in [5, 5.41) is 37.3. The van der Waals surface area contributed by atoms with Gasteiger partial charge in [-0.05, 0) is 116 Å². The van der Waals surface area contributed by atoms with E-state index in [0.29, 0.717) is 36.0 Å². The van der Waals surface area contributed by atoms with Crippen LogP contribution in [0.1, 0.15) is 70.4 Å². The van der Waals surface area contributed by atoms with E-state index >= 15 is 0 Å². The summed E-state index contributed by atoms with van der Waals surface area (Å²) in [5.41, 5.74) is 2.66. The third kappa shape index (κ3) is 2.98. The van der Waals surface area contributed by atoms with Gasteiger partial charge in [0.2, 0.25) is 0 Å². The Kier molecular flexibility index (Phi) is 5.75. The van der Waals surface area contributed by atoms with Crippen LogP contribution >= 0.6 is 0 Å². The lowest BCUT2D eigenvalue weighted by atomic mass is 9.45.